The van der Waals surface area contributed by atoms with E-state index in [0.29, 0.717) is 12.4 Å². The minimum atomic E-state index is -0.923. The van der Waals surface area contributed by atoms with Gasteiger partial charge in [0.1, 0.15) is 5.82 Å². The van der Waals surface area contributed by atoms with Crippen LogP contribution in [-0.2, 0) is 13.0 Å². The Morgan fingerprint density at radius 2 is 2.10 bits per heavy atom. The highest BCUT2D eigenvalue weighted by Crippen LogP contribution is 2.14. The number of benzene rings is 1. The topological polar surface area (TPSA) is 62.2 Å². The Balaban J connectivity index is 2.16. The number of carboxylic acid groups (broad SMARTS) is 1. The molecule has 2 N–H and O–H groups in total. The third-order valence-electron chi connectivity index (χ3n) is 3.19. The summed E-state index contributed by atoms with van der Waals surface area (Å²) in [5.41, 5.74) is 3.44. The molecule has 0 atom stereocenters. The molecule has 0 unspecified atom stereocenters. The number of rotatable bonds is 6. The number of carbonyl (C=O) groups is 1. The molecular formula is C17H20N2O2. The summed E-state index contributed by atoms with van der Waals surface area (Å²) >= 11 is 0. The highest BCUT2D eigenvalue weighted by atomic mass is 16.4. The summed E-state index contributed by atoms with van der Waals surface area (Å²) in [6.07, 6.45) is 1.72. The van der Waals surface area contributed by atoms with Crippen molar-refractivity contribution in [3.8, 4) is 0 Å². The Hall–Kier alpha value is -2.36. The molecule has 0 fully saturated rings. The summed E-state index contributed by atoms with van der Waals surface area (Å²) in [4.78, 5) is 15.6. The lowest BCUT2D eigenvalue weighted by Crippen LogP contribution is -2.06. The first-order chi connectivity index (χ1) is 10.1. The number of hydrogen-bond donors (Lipinski definition) is 2. The maximum atomic E-state index is 11.2. The smallest absolute Gasteiger partial charge is 0.335 e. The van der Waals surface area contributed by atoms with Crippen LogP contribution in [0.1, 0.15) is 40.5 Å². The number of nitrogens with zero attached hydrogens (tertiary/aromatic N) is 1. The molecule has 0 bridgehead atoms. The fourth-order valence-electron chi connectivity index (χ4n) is 2.20. The van der Waals surface area contributed by atoms with Gasteiger partial charge in [0.15, 0.2) is 0 Å². The molecule has 0 amide bonds. The number of pyridine rings is 1. The normalized spacial score (nSPS) is 10.4. The van der Waals surface area contributed by atoms with E-state index in [1.165, 1.54) is 5.56 Å². The van der Waals surface area contributed by atoms with Gasteiger partial charge in [-0.3, -0.25) is 0 Å². The zero-order valence-corrected chi connectivity index (χ0v) is 12.4. The third kappa shape index (κ3) is 4.31. The fraction of sp³-hybridized carbons (Fsp3) is 0.294. The van der Waals surface area contributed by atoms with Crippen molar-refractivity contribution in [2.45, 2.75) is 33.2 Å². The maximum Gasteiger partial charge on any atom is 0.335 e. The lowest BCUT2D eigenvalue weighted by atomic mass is 10.1. The Labute approximate surface area is 124 Å². The standard InChI is InChI=1S/C17H20N2O2/c1-3-5-15-9-14(17(20)21)10-16(19-15)18-11-13-7-4-6-12(2)8-13/h4,6-10H,3,5,11H2,1-2H3,(H,18,19)(H,20,21). The van der Waals surface area contributed by atoms with Crippen LogP contribution in [0.5, 0.6) is 0 Å². The van der Waals surface area contributed by atoms with Crippen molar-refractivity contribution in [1.29, 1.82) is 0 Å². The number of nitrogens with one attached hydrogen (secondary N) is 1. The number of carboxylic acids is 1. The van der Waals surface area contributed by atoms with Crippen molar-refractivity contribution < 1.29 is 9.90 Å². The molecule has 1 heterocycles. The predicted molar refractivity (Wildman–Crippen MR) is 83.7 cm³/mol. The van der Waals surface area contributed by atoms with E-state index in [4.69, 9.17) is 5.11 Å². The molecule has 0 aliphatic heterocycles. The molecule has 0 spiro atoms. The average Bonchev–Trinajstić information content (AvgIpc) is 2.45. The Morgan fingerprint density at radius 1 is 1.29 bits per heavy atom. The lowest BCUT2D eigenvalue weighted by molar-refractivity contribution is 0.0696. The largest absolute Gasteiger partial charge is 0.478 e. The Morgan fingerprint density at radius 3 is 2.76 bits per heavy atom. The van der Waals surface area contributed by atoms with Crippen LogP contribution in [0.2, 0.25) is 0 Å². The molecule has 0 saturated heterocycles. The first-order valence-corrected chi connectivity index (χ1v) is 7.12. The van der Waals surface area contributed by atoms with Gasteiger partial charge in [0.25, 0.3) is 0 Å². The lowest BCUT2D eigenvalue weighted by Gasteiger charge is -2.09. The molecule has 2 rings (SSSR count). The number of aromatic nitrogens is 1. The van der Waals surface area contributed by atoms with Crippen molar-refractivity contribution in [3.05, 3.63) is 58.8 Å². The minimum absolute atomic E-state index is 0.278. The number of anilines is 1. The molecule has 0 aliphatic rings. The van der Waals surface area contributed by atoms with Crippen LogP contribution in [0.4, 0.5) is 5.82 Å². The molecule has 21 heavy (non-hydrogen) atoms. The van der Waals surface area contributed by atoms with Crippen molar-refractivity contribution in [1.82, 2.24) is 4.98 Å². The summed E-state index contributed by atoms with van der Waals surface area (Å²) in [6, 6.07) is 11.4. The van der Waals surface area contributed by atoms with Crippen LogP contribution in [0.15, 0.2) is 36.4 Å². The molecule has 2 aromatic rings. The van der Waals surface area contributed by atoms with Crippen LogP contribution in [-0.4, -0.2) is 16.1 Å². The van der Waals surface area contributed by atoms with Gasteiger partial charge < -0.3 is 10.4 Å². The van der Waals surface area contributed by atoms with Gasteiger partial charge in [-0.1, -0.05) is 43.2 Å². The fourth-order valence-corrected chi connectivity index (χ4v) is 2.20. The van der Waals surface area contributed by atoms with E-state index >= 15 is 0 Å². The van der Waals surface area contributed by atoms with Gasteiger partial charge in [-0.25, -0.2) is 9.78 Å². The van der Waals surface area contributed by atoms with Crippen molar-refractivity contribution >= 4 is 11.8 Å². The summed E-state index contributed by atoms with van der Waals surface area (Å²) in [5, 5.41) is 12.4. The van der Waals surface area contributed by atoms with Gasteiger partial charge in [0.05, 0.1) is 5.56 Å². The second-order valence-corrected chi connectivity index (χ2v) is 5.13. The van der Waals surface area contributed by atoms with Crippen LogP contribution >= 0.6 is 0 Å². The second-order valence-electron chi connectivity index (χ2n) is 5.13. The molecule has 1 aromatic carbocycles. The minimum Gasteiger partial charge on any atom is -0.478 e. The average molecular weight is 284 g/mol. The van der Waals surface area contributed by atoms with E-state index in [2.05, 4.69) is 23.3 Å². The van der Waals surface area contributed by atoms with Gasteiger partial charge in [-0.05, 0) is 31.0 Å². The summed E-state index contributed by atoms with van der Waals surface area (Å²) in [5.74, 6) is -0.312. The highest BCUT2D eigenvalue weighted by molar-refractivity contribution is 5.88. The highest BCUT2D eigenvalue weighted by Gasteiger charge is 2.08. The van der Waals surface area contributed by atoms with Crippen molar-refractivity contribution in [2.75, 3.05) is 5.32 Å². The van der Waals surface area contributed by atoms with Crippen LogP contribution in [0, 0.1) is 6.92 Å². The summed E-state index contributed by atoms with van der Waals surface area (Å²) < 4.78 is 0. The van der Waals surface area contributed by atoms with Crippen molar-refractivity contribution in [3.63, 3.8) is 0 Å². The Bertz CT molecular complexity index is 638. The molecule has 0 aliphatic carbocycles. The van der Waals surface area contributed by atoms with Gasteiger partial charge >= 0.3 is 5.97 Å². The van der Waals surface area contributed by atoms with E-state index in [1.54, 1.807) is 12.1 Å². The van der Waals surface area contributed by atoms with Crippen LogP contribution < -0.4 is 5.32 Å². The zero-order valence-electron chi connectivity index (χ0n) is 12.4. The van der Waals surface area contributed by atoms with E-state index in [9.17, 15) is 4.79 Å². The van der Waals surface area contributed by atoms with E-state index in [1.807, 2.05) is 25.1 Å². The monoisotopic (exact) mass is 284 g/mol. The summed E-state index contributed by atoms with van der Waals surface area (Å²) in [6.45, 7) is 4.73. The molecular weight excluding hydrogens is 264 g/mol. The number of hydrogen-bond acceptors (Lipinski definition) is 3. The zero-order chi connectivity index (χ0) is 15.2. The number of aromatic carboxylic acids is 1. The molecule has 1 aromatic heterocycles. The van der Waals surface area contributed by atoms with Crippen LogP contribution in [0.3, 0.4) is 0 Å². The maximum absolute atomic E-state index is 11.2. The molecule has 110 valence electrons. The van der Waals surface area contributed by atoms with Gasteiger partial charge in [0.2, 0.25) is 0 Å². The van der Waals surface area contributed by atoms with E-state index in [0.717, 1.165) is 24.1 Å². The second kappa shape index (κ2) is 6.88. The van der Waals surface area contributed by atoms with E-state index < -0.39 is 5.97 Å². The molecule has 0 radical (unpaired) electrons. The first-order valence-electron chi connectivity index (χ1n) is 7.12. The van der Waals surface area contributed by atoms with Gasteiger partial charge in [-0.2, -0.15) is 0 Å². The quantitative estimate of drug-likeness (QED) is 0.850. The predicted octanol–water partition coefficient (Wildman–Crippen LogP) is 3.65. The number of aryl methyl sites for hydroxylation is 2. The van der Waals surface area contributed by atoms with Crippen molar-refractivity contribution in [2.24, 2.45) is 0 Å². The Kier molecular flexibility index (Phi) is 4.93. The molecule has 0 saturated carbocycles. The van der Waals surface area contributed by atoms with Crippen LogP contribution in [0.25, 0.3) is 0 Å². The SMILES string of the molecule is CCCc1cc(C(=O)O)cc(NCc2cccc(C)c2)n1. The van der Waals surface area contributed by atoms with Gasteiger partial charge in [-0.15, -0.1) is 0 Å². The molecule has 4 nitrogen and oxygen atoms in total. The van der Waals surface area contributed by atoms with E-state index in [-0.39, 0.29) is 5.56 Å². The first kappa shape index (κ1) is 15.0. The summed E-state index contributed by atoms with van der Waals surface area (Å²) in [7, 11) is 0. The third-order valence-corrected chi connectivity index (χ3v) is 3.19. The molecule has 4 heteroatoms. The van der Waals surface area contributed by atoms with Gasteiger partial charge in [0, 0.05) is 12.2 Å².